The van der Waals surface area contributed by atoms with Crippen LogP contribution in [0.15, 0.2) is 42.5 Å². The molecule has 0 spiro atoms. The van der Waals surface area contributed by atoms with E-state index in [-0.39, 0.29) is 5.69 Å². The van der Waals surface area contributed by atoms with Gasteiger partial charge in [0.1, 0.15) is 12.4 Å². The Morgan fingerprint density at radius 3 is 2.81 bits per heavy atom. The lowest BCUT2D eigenvalue weighted by Crippen LogP contribution is -2.10. The van der Waals surface area contributed by atoms with Gasteiger partial charge in [-0.3, -0.25) is 10.1 Å². The quantitative estimate of drug-likeness (QED) is 0.629. The van der Waals surface area contributed by atoms with Gasteiger partial charge in [-0.2, -0.15) is 0 Å². The second-order valence-corrected chi connectivity index (χ2v) is 4.55. The Kier molecular flexibility index (Phi) is 4.73. The summed E-state index contributed by atoms with van der Waals surface area (Å²) >= 11 is 0. The summed E-state index contributed by atoms with van der Waals surface area (Å²) in [5.41, 5.74) is 7.87. The van der Waals surface area contributed by atoms with E-state index >= 15 is 0 Å². The fourth-order valence-corrected chi connectivity index (χ4v) is 1.85. The molecule has 6 nitrogen and oxygen atoms in total. The fourth-order valence-electron chi connectivity index (χ4n) is 1.85. The Hall–Kier alpha value is -2.60. The number of nitro benzene ring substituents is 1. The molecule has 3 N–H and O–H groups in total. The molecule has 110 valence electrons. The summed E-state index contributed by atoms with van der Waals surface area (Å²) in [5, 5.41) is 14.0. The average Bonchev–Trinajstić information content (AvgIpc) is 2.47. The molecule has 21 heavy (non-hydrogen) atoms. The van der Waals surface area contributed by atoms with E-state index in [4.69, 9.17) is 10.5 Å². The van der Waals surface area contributed by atoms with Crippen LogP contribution in [0.3, 0.4) is 0 Å². The van der Waals surface area contributed by atoms with Crippen LogP contribution >= 0.6 is 0 Å². The molecule has 0 heterocycles. The van der Waals surface area contributed by atoms with Gasteiger partial charge in [-0.15, -0.1) is 0 Å². The molecule has 0 saturated heterocycles. The van der Waals surface area contributed by atoms with Crippen LogP contribution in [0.25, 0.3) is 0 Å². The van der Waals surface area contributed by atoms with Gasteiger partial charge in [0.05, 0.1) is 4.92 Å². The molecule has 0 amide bonds. The van der Waals surface area contributed by atoms with Crippen molar-refractivity contribution >= 4 is 17.1 Å². The summed E-state index contributed by atoms with van der Waals surface area (Å²) in [7, 11) is 0. The predicted molar refractivity (Wildman–Crippen MR) is 82.1 cm³/mol. The molecule has 2 aromatic carbocycles. The van der Waals surface area contributed by atoms with Crippen molar-refractivity contribution in [3.8, 4) is 5.75 Å². The average molecular weight is 287 g/mol. The summed E-state index contributed by atoms with van der Waals surface area (Å²) in [6.07, 6.45) is 0. The minimum Gasteiger partial charge on any atom is -0.492 e. The van der Waals surface area contributed by atoms with E-state index in [9.17, 15) is 10.1 Å². The summed E-state index contributed by atoms with van der Waals surface area (Å²) in [5.74, 6) is 0.702. The lowest BCUT2D eigenvalue weighted by Gasteiger charge is -2.11. The third kappa shape index (κ3) is 3.93. The number of nitrogens with one attached hydrogen (secondary N) is 1. The molecule has 2 rings (SSSR count). The maximum absolute atomic E-state index is 10.8. The van der Waals surface area contributed by atoms with Gasteiger partial charge < -0.3 is 15.8 Å². The molecule has 0 aliphatic rings. The zero-order valence-electron chi connectivity index (χ0n) is 11.7. The van der Waals surface area contributed by atoms with Crippen molar-refractivity contribution in [1.29, 1.82) is 0 Å². The third-order valence-electron chi connectivity index (χ3n) is 2.93. The smallest absolute Gasteiger partial charge is 0.271 e. The number of rotatable bonds is 6. The molecule has 0 radical (unpaired) electrons. The second-order valence-electron chi connectivity index (χ2n) is 4.55. The van der Waals surface area contributed by atoms with Gasteiger partial charge in [0, 0.05) is 36.1 Å². The number of hydrogen-bond donors (Lipinski definition) is 2. The van der Waals surface area contributed by atoms with Crippen LogP contribution in [-0.2, 0) is 0 Å². The number of anilines is 2. The second kappa shape index (κ2) is 6.71. The molecule has 2 aromatic rings. The van der Waals surface area contributed by atoms with Crippen molar-refractivity contribution in [2.45, 2.75) is 6.92 Å². The number of non-ortho nitro benzene ring substituents is 1. The minimum absolute atomic E-state index is 0.0543. The molecule has 6 heteroatoms. The van der Waals surface area contributed by atoms with Gasteiger partial charge in [0.15, 0.2) is 0 Å². The molecule has 0 unspecified atom stereocenters. The highest BCUT2D eigenvalue weighted by molar-refractivity contribution is 5.66. The Bertz CT molecular complexity index is 644. The Balaban J connectivity index is 2.21. The number of hydrogen-bond acceptors (Lipinski definition) is 5. The zero-order valence-corrected chi connectivity index (χ0v) is 11.7. The standard InChI is InChI=1S/C15H17N3O3/c1-11-5-6-13(18(19)20)10-15(11)17-12-3-2-4-14(9-12)21-8-7-16/h2-6,9-10,17H,7-8,16H2,1H3. The van der Waals surface area contributed by atoms with Crippen molar-refractivity contribution in [1.82, 2.24) is 0 Å². The van der Waals surface area contributed by atoms with E-state index in [0.717, 1.165) is 11.3 Å². The largest absolute Gasteiger partial charge is 0.492 e. The Labute approximate surface area is 122 Å². The summed E-state index contributed by atoms with van der Waals surface area (Å²) < 4.78 is 5.45. The first-order valence-corrected chi connectivity index (χ1v) is 6.55. The van der Waals surface area contributed by atoms with Gasteiger partial charge in [0.2, 0.25) is 0 Å². The van der Waals surface area contributed by atoms with Crippen LogP contribution in [0.2, 0.25) is 0 Å². The molecule has 0 aromatic heterocycles. The van der Waals surface area contributed by atoms with Crippen molar-refractivity contribution < 1.29 is 9.66 Å². The first-order valence-electron chi connectivity index (χ1n) is 6.55. The van der Waals surface area contributed by atoms with E-state index in [0.29, 0.717) is 24.6 Å². The molecular formula is C15H17N3O3. The highest BCUT2D eigenvalue weighted by Crippen LogP contribution is 2.27. The van der Waals surface area contributed by atoms with Gasteiger partial charge >= 0.3 is 0 Å². The lowest BCUT2D eigenvalue weighted by molar-refractivity contribution is -0.384. The van der Waals surface area contributed by atoms with E-state index < -0.39 is 4.92 Å². The molecule has 0 aliphatic carbocycles. The summed E-state index contributed by atoms with van der Waals surface area (Å²) in [4.78, 5) is 10.4. The molecular weight excluding hydrogens is 270 g/mol. The SMILES string of the molecule is Cc1ccc([N+](=O)[O-])cc1Nc1cccc(OCCN)c1. The Morgan fingerprint density at radius 1 is 1.29 bits per heavy atom. The van der Waals surface area contributed by atoms with Crippen LogP contribution in [0.5, 0.6) is 5.75 Å². The fraction of sp³-hybridized carbons (Fsp3) is 0.200. The van der Waals surface area contributed by atoms with Crippen molar-refractivity contribution in [3.63, 3.8) is 0 Å². The maximum atomic E-state index is 10.8. The van der Waals surface area contributed by atoms with Crippen molar-refractivity contribution in [2.24, 2.45) is 5.73 Å². The highest BCUT2D eigenvalue weighted by atomic mass is 16.6. The van der Waals surface area contributed by atoms with Gasteiger partial charge in [-0.1, -0.05) is 12.1 Å². The number of nitrogens with two attached hydrogens (primary N) is 1. The first kappa shape index (κ1) is 14.8. The van der Waals surface area contributed by atoms with Crippen LogP contribution in [-0.4, -0.2) is 18.1 Å². The molecule has 0 atom stereocenters. The minimum atomic E-state index is -0.411. The molecule has 0 bridgehead atoms. The third-order valence-corrected chi connectivity index (χ3v) is 2.93. The monoisotopic (exact) mass is 287 g/mol. The zero-order chi connectivity index (χ0) is 15.2. The summed E-state index contributed by atoms with van der Waals surface area (Å²) in [6.45, 7) is 2.78. The van der Waals surface area contributed by atoms with E-state index in [2.05, 4.69) is 5.32 Å². The van der Waals surface area contributed by atoms with E-state index in [1.807, 2.05) is 31.2 Å². The molecule has 0 saturated carbocycles. The Morgan fingerprint density at radius 2 is 2.10 bits per heavy atom. The van der Waals surface area contributed by atoms with Gasteiger partial charge in [0.25, 0.3) is 5.69 Å². The predicted octanol–water partition coefficient (Wildman–Crippen LogP) is 2.98. The van der Waals surface area contributed by atoms with Crippen molar-refractivity contribution in [3.05, 3.63) is 58.1 Å². The van der Waals surface area contributed by atoms with Crippen LogP contribution in [0.1, 0.15) is 5.56 Å². The molecule has 0 aliphatic heterocycles. The van der Waals surface area contributed by atoms with E-state index in [1.165, 1.54) is 12.1 Å². The topological polar surface area (TPSA) is 90.4 Å². The van der Waals surface area contributed by atoms with Crippen LogP contribution in [0.4, 0.5) is 17.1 Å². The number of nitro groups is 1. The summed E-state index contributed by atoms with van der Waals surface area (Å²) in [6, 6.07) is 12.1. The van der Waals surface area contributed by atoms with Crippen LogP contribution < -0.4 is 15.8 Å². The number of nitrogens with zero attached hydrogens (tertiary/aromatic N) is 1. The van der Waals surface area contributed by atoms with Crippen LogP contribution in [0, 0.1) is 17.0 Å². The normalized spacial score (nSPS) is 10.2. The van der Waals surface area contributed by atoms with Crippen molar-refractivity contribution in [2.75, 3.05) is 18.5 Å². The number of benzene rings is 2. The van der Waals surface area contributed by atoms with Gasteiger partial charge in [-0.05, 0) is 24.6 Å². The van der Waals surface area contributed by atoms with Gasteiger partial charge in [-0.25, -0.2) is 0 Å². The molecule has 0 fully saturated rings. The van der Waals surface area contributed by atoms with E-state index in [1.54, 1.807) is 6.07 Å². The lowest BCUT2D eigenvalue weighted by atomic mass is 10.1. The number of ether oxygens (including phenoxy) is 1. The first-order chi connectivity index (χ1) is 10.1. The number of aryl methyl sites for hydroxylation is 1. The highest BCUT2D eigenvalue weighted by Gasteiger charge is 2.09. The maximum Gasteiger partial charge on any atom is 0.271 e.